The largest absolute Gasteiger partial charge is 0.494 e. The Morgan fingerprint density at radius 2 is 1.96 bits per heavy atom. The number of benzene rings is 1. The minimum atomic E-state index is -2.99. The lowest BCUT2D eigenvalue weighted by Crippen LogP contribution is -2.42. The van der Waals surface area contributed by atoms with Crippen LogP contribution in [0.5, 0.6) is 5.75 Å². The molecule has 1 amide bonds. The van der Waals surface area contributed by atoms with Gasteiger partial charge in [-0.3, -0.25) is 4.79 Å². The molecule has 134 valence electrons. The SMILES string of the molecule is CCCCN(C(=O)Cc1ccc(OCC)cc1)C1CCS(=O)(=O)C1. The number of hydrogen-bond donors (Lipinski definition) is 0. The molecule has 1 heterocycles. The highest BCUT2D eigenvalue weighted by Gasteiger charge is 2.34. The molecular formula is C18H27NO4S. The van der Waals surface area contributed by atoms with Gasteiger partial charge in [0.05, 0.1) is 24.5 Å². The normalized spacial score (nSPS) is 19.2. The quantitative estimate of drug-likeness (QED) is 0.720. The topological polar surface area (TPSA) is 63.7 Å². The highest BCUT2D eigenvalue weighted by atomic mass is 32.2. The summed E-state index contributed by atoms with van der Waals surface area (Å²) in [6.07, 6.45) is 2.73. The van der Waals surface area contributed by atoms with Crippen molar-refractivity contribution >= 4 is 15.7 Å². The van der Waals surface area contributed by atoms with Crippen LogP contribution in [-0.4, -0.2) is 49.9 Å². The van der Waals surface area contributed by atoms with Crippen molar-refractivity contribution < 1.29 is 17.9 Å². The van der Waals surface area contributed by atoms with Gasteiger partial charge in [-0.1, -0.05) is 25.5 Å². The summed E-state index contributed by atoms with van der Waals surface area (Å²) in [6.45, 7) is 5.24. The smallest absolute Gasteiger partial charge is 0.227 e. The number of nitrogens with zero attached hydrogens (tertiary/aromatic N) is 1. The van der Waals surface area contributed by atoms with Crippen LogP contribution in [0.4, 0.5) is 0 Å². The fourth-order valence-corrected chi connectivity index (χ4v) is 4.74. The van der Waals surface area contributed by atoms with E-state index in [0.29, 0.717) is 26.0 Å². The molecule has 24 heavy (non-hydrogen) atoms. The molecule has 0 saturated carbocycles. The third-order valence-electron chi connectivity index (χ3n) is 4.31. The van der Waals surface area contributed by atoms with Gasteiger partial charge >= 0.3 is 0 Å². The summed E-state index contributed by atoms with van der Waals surface area (Å²) < 4.78 is 28.9. The monoisotopic (exact) mass is 353 g/mol. The number of amides is 1. The van der Waals surface area contributed by atoms with Gasteiger partial charge in [0.1, 0.15) is 5.75 Å². The van der Waals surface area contributed by atoms with Gasteiger partial charge < -0.3 is 9.64 Å². The van der Waals surface area contributed by atoms with Gasteiger partial charge in [0.2, 0.25) is 5.91 Å². The summed E-state index contributed by atoms with van der Waals surface area (Å²) in [5.41, 5.74) is 0.922. The number of rotatable bonds is 8. The van der Waals surface area contributed by atoms with Gasteiger partial charge in [0.15, 0.2) is 9.84 Å². The second kappa shape index (κ2) is 8.51. The molecule has 0 radical (unpaired) electrons. The minimum Gasteiger partial charge on any atom is -0.494 e. The number of sulfone groups is 1. The fourth-order valence-electron chi connectivity index (χ4n) is 3.01. The summed E-state index contributed by atoms with van der Waals surface area (Å²) in [5, 5.41) is 0. The Labute approximate surface area is 144 Å². The number of carbonyl (C=O) groups is 1. The zero-order valence-corrected chi connectivity index (χ0v) is 15.3. The minimum absolute atomic E-state index is 0.00899. The molecule has 1 aliphatic heterocycles. The van der Waals surface area contributed by atoms with E-state index in [4.69, 9.17) is 4.74 Å². The Kier molecular flexibility index (Phi) is 6.66. The molecule has 1 fully saturated rings. The molecule has 0 spiro atoms. The molecule has 0 aromatic heterocycles. The maximum Gasteiger partial charge on any atom is 0.227 e. The Bertz CT molecular complexity index is 639. The number of carbonyl (C=O) groups excluding carboxylic acids is 1. The van der Waals surface area contributed by atoms with E-state index in [0.717, 1.165) is 24.2 Å². The van der Waals surface area contributed by atoms with Crippen molar-refractivity contribution in [1.29, 1.82) is 0 Å². The van der Waals surface area contributed by atoms with Crippen molar-refractivity contribution in [2.45, 2.75) is 45.6 Å². The predicted octanol–water partition coefficient (Wildman–Crippen LogP) is 2.44. The van der Waals surface area contributed by atoms with Crippen molar-refractivity contribution in [3.63, 3.8) is 0 Å². The van der Waals surface area contributed by atoms with Crippen molar-refractivity contribution in [3.05, 3.63) is 29.8 Å². The van der Waals surface area contributed by atoms with E-state index in [1.54, 1.807) is 4.90 Å². The van der Waals surface area contributed by atoms with Crippen molar-refractivity contribution in [1.82, 2.24) is 4.90 Å². The van der Waals surface area contributed by atoms with Gasteiger partial charge in [0, 0.05) is 12.6 Å². The third-order valence-corrected chi connectivity index (χ3v) is 6.06. The molecule has 0 bridgehead atoms. The number of unbranched alkanes of at least 4 members (excludes halogenated alkanes) is 1. The molecule has 0 N–H and O–H groups in total. The number of hydrogen-bond acceptors (Lipinski definition) is 4. The first-order chi connectivity index (χ1) is 11.4. The van der Waals surface area contributed by atoms with Gasteiger partial charge in [-0.15, -0.1) is 0 Å². The van der Waals surface area contributed by atoms with Gasteiger partial charge in [-0.25, -0.2) is 8.42 Å². The van der Waals surface area contributed by atoms with Crippen LogP contribution in [0, 0.1) is 0 Å². The molecule has 1 atom stereocenters. The zero-order valence-electron chi connectivity index (χ0n) is 14.5. The zero-order chi connectivity index (χ0) is 17.6. The van der Waals surface area contributed by atoms with E-state index in [2.05, 4.69) is 6.92 Å². The first-order valence-corrected chi connectivity index (χ1v) is 10.5. The Balaban J connectivity index is 2.04. The Hall–Kier alpha value is -1.56. The van der Waals surface area contributed by atoms with Crippen LogP contribution in [0.1, 0.15) is 38.7 Å². The molecule has 1 saturated heterocycles. The van der Waals surface area contributed by atoms with E-state index in [9.17, 15) is 13.2 Å². The second-order valence-corrected chi connectivity index (χ2v) is 8.48. The van der Waals surface area contributed by atoms with E-state index >= 15 is 0 Å². The first kappa shape index (κ1) is 18.8. The van der Waals surface area contributed by atoms with E-state index in [1.165, 1.54) is 0 Å². The fraction of sp³-hybridized carbons (Fsp3) is 0.611. The summed E-state index contributed by atoms with van der Waals surface area (Å²) in [4.78, 5) is 14.5. The molecule has 0 aliphatic carbocycles. The van der Waals surface area contributed by atoms with Gasteiger partial charge in [-0.2, -0.15) is 0 Å². The summed E-state index contributed by atoms with van der Waals surface area (Å²) >= 11 is 0. The second-order valence-electron chi connectivity index (χ2n) is 6.25. The summed E-state index contributed by atoms with van der Waals surface area (Å²) in [5.74, 6) is 1.09. The van der Waals surface area contributed by atoms with Crippen LogP contribution in [0.2, 0.25) is 0 Å². The molecule has 1 aromatic carbocycles. The predicted molar refractivity (Wildman–Crippen MR) is 95.0 cm³/mol. The molecule has 5 nitrogen and oxygen atoms in total. The maximum absolute atomic E-state index is 12.7. The summed E-state index contributed by atoms with van der Waals surface area (Å²) in [6, 6.07) is 7.35. The maximum atomic E-state index is 12.7. The Morgan fingerprint density at radius 1 is 1.25 bits per heavy atom. The molecule has 2 rings (SSSR count). The summed E-state index contributed by atoms with van der Waals surface area (Å²) in [7, 11) is -2.99. The van der Waals surface area contributed by atoms with Crippen molar-refractivity contribution in [2.75, 3.05) is 24.7 Å². The van der Waals surface area contributed by atoms with Crippen molar-refractivity contribution in [2.24, 2.45) is 0 Å². The standard InChI is InChI=1S/C18H27NO4S/c1-3-5-11-19(16-10-12-24(21,22)14-16)18(20)13-15-6-8-17(9-7-15)23-4-2/h6-9,16H,3-5,10-14H2,1-2H3. The van der Waals surface area contributed by atoms with E-state index in [1.807, 2.05) is 31.2 Å². The molecular weight excluding hydrogens is 326 g/mol. The highest BCUT2D eigenvalue weighted by Crippen LogP contribution is 2.20. The van der Waals surface area contributed by atoms with Crippen LogP contribution in [0.25, 0.3) is 0 Å². The number of ether oxygens (including phenoxy) is 1. The molecule has 1 aromatic rings. The lowest BCUT2D eigenvalue weighted by Gasteiger charge is -2.28. The van der Waals surface area contributed by atoms with Crippen LogP contribution < -0.4 is 4.74 Å². The first-order valence-electron chi connectivity index (χ1n) is 8.66. The molecule has 1 aliphatic rings. The average molecular weight is 353 g/mol. The van der Waals surface area contributed by atoms with Crippen LogP contribution in [-0.2, 0) is 21.1 Å². The molecule has 6 heteroatoms. The van der Waals surface area contributed by atoms with E-state index < -0.39 is 9.84 Å². The van der Waals surface area contributed by atoms with Crippen molar-refractivity contribution in [3.8, 4) is 5.75 Å². The van der Waals surface area contributed by atoms with Gasteiger partial charge in [-0.05, 0) is 37.5 Å². The lowest BCUT2D eigenvalue weighted by atomic mass is 10.1. The van der Waals surface area contributed by atoms with E-state index in [-0.39, 0.29) is 23.5 Å². The van der Waals surface area contributed by atoms with Gasteiger partial charge in [0.25, 0.3) is 0 Å². The Morgan fingerprint density at radius 3 is 2.50 bits per heavy atom. The lowest BCUT2D eigenvalue weighted by molar-refractivity contribution is -0.132. The average Bonchev–Trinajstić information content (AvgIpc) is 2.90. The molecule has 1 unspecified atom stereocenters. The highest BCUT2D eigenvalue weighted by molar-refractivity contribution is 7.91. The van der Waals surface area contributed by atoms with Crippen LogP contribution in [0.3, 0.4) is 0 Å². The third kappa shape index (κ3) is 5.23. The van der Waals surface area contributed by atoms with Crippen LogP contribution >= 0.6 is 0 Å². The van der Waals surface area contributed by atoms with Crippen LogP contribution in [0.15, 0.2) is 24.3 Å².